The third kappa shape index (κ3) is 3.16. The number of carbonyl (C=O) groups is 3. The molecule has 35 heavy (non-hydrogen) atoms. The molecular formula is C27H25NO7. The highest BCUT2D eigenvalue weighted by Crippen LogP contribution is 2.57. The van der Waals surface area contributed by atoms with Gasteiger partial charge in [0.25, 0.3) is 0 Å². The maximum absolute atomic E-state index is 13.8. The molecule has 0 amide bonds. The van der Waals surface area contributed by atoms with E-state index in [-0.39, 0.29) is 45.6 Å². The van der Waals surface area contributed by atoms with Gasteiger partial charge >= 0.3 is 0 Å². The Morgan fingerprint density at radius 2 is 1.89 bits per heavy atom. The van der Waals surface area contributed by atoms with Crippen molar-refractivity contribution in [3.8, 4) is 23.0 Å². The molecule has 180 valence electrons. The predicted molar refractivity (Wildman–Crippen MR) is 126 cm³/mol. The zero-order valence-electron chi connectivity index (χ0n) is 19.8. The van der Waals surface area contributed by atoms with Gasteiger partial charge in [-0.15, -0.1) is 0 Å². The average Bonchev–Trinajstić information content (AvgIpc) is 3.35. The second-order valence-electron chi connectivity index (χ2n) is 9.32. The maximum Gasteiger partial charge on any atom is 0.194 e. The molecule has 0 spiro atoms. The lowest BCUT2D eigenvalue weighted by molar-refractivity contribution is -0.123. The Labute approximate surface area is 201 Å². The highest BCUT2D eigenvalue weighted by Gasteiger charge is 2.56. The van der Waals surface area contributed by atoms with Gasteiger partial charge in [-0.1, -0.05) is 18.2 Å². The van der Waals surface area contributed by atoms with Crippen LogP contribution in [0.4, 0.5) is 0 Å². The molecule has 1 unspecified atom stereocenters. The van der Waals surface area contributed by atoms with Gasteiger partial charge in [-0.3, -0.25) is 14.4 Å². The molecule has 1 aliphatic carbocycles. The van der Waals surface area contributed by atoms with Crippen molar-refractivity contribution in [1.29, 1.82) is 0 Å². The molecule has 2 atom stereocenters. The first-order chi connectivity index (χ1) is 16.6. The second-order valence-corrected chi connectivity index (χ2v) is 9.32. The highest BCUT2D eigenvalue weighted by atomic mass is 16.5. The Kier molecular flexibility index (Phi) is 5.01. The maximum atomic E-state index is 13.8. The summed E-state index contributed by atoms with van der Waals surface area (Å²) in [5.74, 6) is -1.62. The lowest BCUT2D eigenvalue weighted by Gasteiger charge is -2.29. The molecule has 5 rings (SSSR count). The number of rotatable bonds is 4. The number of phenolic OH excluding ortho intramolecular Hbond substituents is 2. The van der Waals surface area contributed by atoms with Gasteiger partial charge in [0.15, 0.2) is 17.3 Å². The van der Waals surface area contributed by atoms with Crippen molar-refractivity contribution in [2.24, 2.45) is 0 Å². The smallest absolute Gasteiger partial charge is 0.194 e. The van der Waals surface area contributed by atoms with E-state index in [1.54, 1.807) is 13.8 Å². The number of allylic oxidation sites excluding steroid dienone is 4. The van der Waals surface area contributed by atoms with E-state index in [1.165, 1.54) is 19.9 Å². The van der Waals surface area contributed by atoms with Crippen molar-refractivity contribution in [3.05, 3.63) is 69.6 Å². The Hall–Kier alpha value is -4.07. The van der Waals surface area contributed by atoms with E-state index in [0.717, 1.165) is 11.3 Å². The van der Waals surface area contributed by atoms with Crippen LogP contribution < -0.4 is 14.8 Å². The van der Waals surface area contributed by atoms with Gasteiger partial charge in [-0.25, -0.2) is 0 Å². The van der Waals surface area contributed by atoms with Crippen LogP contribution in [-0.2, 0) is 21.4 Å². The monoisotopic (exact) mass is 475 g/mol. The van der Waals surface area contributed by atoms with Crippen LogP contribution in [0.25, 0.3) is 0 Å². The Bertz CT molecular complexity index is 1380. The number of benzene rings is 2. The van der Waals surface area contributed by atoms with Gasteiger partial charge in [-0.2, -0.15) is 0 Å². The van der Waals surface area contributed by atoms with Crippen molar-refractivity contribution < 1.29 is 34.1 Å². The number of nitrogens with one attached hydrogen (secondary N) is 1. The number of aromatic hydroxyl groups is 2. The van der Waals surface area contributed by atoms with Crippen LogP contribution in [0, 0.1) is 6.92 Å². The molecule has 0 bridgehead atoms. The predicted octanol–water partition coefficient (Wildman–Crippen LogP) is 3.16. The zero-order valence-corrected chi connectivity index (χ0v) is 19.8. The van der Waals surface area contributed by atoms with Gasteiger partial charge < -0.3 is 25.0 Å². The molecule has 3 N–H and O–H groups in total. The molecule has 8 nitrogen and oxygen atoms in total. The van der Waals surface area contributed by atoms with Crippen molar-refractivity contribution in [3.63, 3.8) is 0 Å². The Balaban J connectivity index is 1.51. The number of hydrogen-bond acceptors (Lipinski definition) is 8. The summed E-state index contributed by atoms with van der Waals surface area (Å²) in [6.45, 7) is 6.28. The molecular weight excluding hydrogens is 450 g/mol. The first-order valence-electron chi connectivity index (χ1n) is 11.3. The molecule has 0 radical (unpaired) electrons. The summed E-state index contributed by atoms with van der Waals surface area (Å²) >= 11 is 0. The van der Waals surface area contributed by atoms with Gasteiger partial charge in [0, 0.05) is 23.8 Å². The van der Waals surface area contributed by atoms with Crippen LogP contribution >= 0.6 is 0 Å². The molecule has 2 aromatic rings. The lowest BCUT2D eigenvalue weighted by atomic mass is 9.70. The van der Waals surface area contributed by atoms with Crippen molar-refractivity contribution in [2.45, 2.75) is 45.6 Å². The minimum atomic E-state index is -1.53. The molecule has 2 aliphatic heterocycles. The zero-order chi connectivity index (χ0) is 25.2. The summed E-state index contributed by atoms with van der Waals surface area (Å²) < 4.78 is 11.7. The number of carbonyl (C=O) groups excluding carboxylic acids is 3. The number of Topliss-reactive ketones (excluding diaryl/α,β-unsaturated/α-hetero) is 2. The van der Waals surface area contributed by atoms with Gasteiger partial charge in [-0.05, 0) is 39.3 Å². The molecule has 3 aliphatic rings. The molecule has 0 aromatic heterocycles. The van der Waals surface area contributed by atoms with Crippen LogP contribution in [-0.4, -0.2) is 40.2 Å². The van der Waals surface area contributed by atoms with Crippen molar-refractivity contribution in [2.75, 3.05) is 6.54 Å². The van der Waals surface area contributed by atoms with Gasteiger partial charge in [0.2, 0.25) is 0 Å². The van der Waals surface area contributed by atoms with E-state index >= 15 is 0 Å². The van der Waals surface area contributed by atoms with E-state index in [0.29, 0.717) is 18.7 Å². The quantitative estimate of drug-likeness (QED) is 0.350. The van der Waals surface area contributed by atoms with E-state index in [4.69, 9.17) is 9.47 Å². The topological polar surface area (TPSA) is 122 Å². The molecule has 0 saturated heterocycles. The number of hydrogen-bond donors (Lipinski definition) is 3. The first kappa shape index (κ1) is 22.7. The summed E-state index contributed by atoms with van der Waals surface area (Å²) in [6, 6.07) is 7.76. The fourth-order valence-electron chi connectivity index (χ4n) is 5.09. The Morgan fingerprint density at radius 3 is 2.57 bits per heavy atom. The Morgan fingerprint density at radius 1 is 1.17 bits per heavy atom. The molecule has 0 fully saturated rings. The first-order valence-corrected chi connectivity index (χ1v) is 11.3. The van der Waals surface area contributed by atoms with E-state index in [2.05, 4.69) is 5.32 Å². The molecule has 0 saturated carbocycles. The normalized spacial score (nSPS) is 23.5. The fraction of sp³-hybridized carbons (Fsp3) is 0.296. The minimum absolute atomic E-state index is 0.0106. The third-order valence-corrected chi connectivity index (χ3v) is 7.07. The van der Waals surface area contributed by atoms with Crippen LogP contribution in [0.3, 0.4) is 0 Å². The van der Waals surface area contributed by atoms with Gasteiger partial charge in [0.1, 0.15) is 45.8 Å². The summed E-state index contributed by atoms with van der Waals surface area (Å²) in [4.78, 5) is 39.1. The summed E-state index contributed by atoms with van der Waals surface area (Å²) in [7, 11) is 0. The number of ether oxygens (including phenoxy) is 2. The van der Waals surface area contributed by atoms with Crippen LogP contribution in [0.5, 0.6) is 23.0 Å². The molecule has 2 aromatic carbocycles. The number of fused-ring (bicyclic) bond motifs is 4. The molecule has 8 heteroatoms. The van der Waals surface area contributed by atoms with Crippen LogP contribution in [0.1, 0.15) is 47.8 Å². The number of para-hydroxylation sites is 1. The standard InChI is InChI=1S/C27H25NO7/c1-12-23(31)21(14(3)29)25-22(24(12)32)27(4)19(35-25)10-17(30)20(26(27)33)13(2)28-11-16-9-15-7-5-6-8-18(15)34-16/h5-8,10,16,28,31-32H,9,11H2,1-4H3/b20-13+/t16?,27-/m1/s1. The minimum Gasteiger partial charge on any atom is -0.507 e. The fourth-order valence-corrected chi connectivity index (χ4v) is 5.09. The summed E-state index contributed by atoms with van der Waals surface area (Å²) in [6.07, 6.45) is 1.77. The number of phenols is 2. The third-order valence-electron chi connectivity index (χ3n) is 7.07. The van der Waals surface area contributed by atoms with Crippen LogP contribution in [0.15, 0.2) is 47.4 Å². The lowest BCUT2D eigenvalue weighted by Crippen LogP contribution is -2.41. The second kappa shape index (κ2) is 7.73. The summed E-state index contributed by atoms with van der Waals surface area (Å²) in [5, 5.41) is 24.5. The molecule has 2 heterocycles. The SMILES string of the molecule is CC(=O)c1c(O)c(C)c(O)c2c1OC1=CC(=O)/C(=C(/C)NCC3Cc4ccccc4O3)C(=O)[C@]12C. The van der Waals surface area contributed by atoms with Crippen molar-refractivity contribution in [1.82, 2.24) is 5.32 Å². The van der Waals surface area contributed by atoms with Crippen molar-refractivity contribution >= 4 is 17.3 Å². The summed E-state index contributed by atoms with van der Waals surface area (Å²) in [5.41, 5.74) is -0.113. The van der Waals surface area contributed by atoms with Crippen LogP contribution in [0.2, 0.25) is 0 Å². The average molecular weight is 475 g/mol. The van der Waals surface area contributed by atoms with Gasteiger partial charge in [0.05, 0.1) is 17.7 Å². The van der Waals surface area contributed by atoms with E-state index in [9.17, 15) is 24.6 Å². The van der Waals surface area contributed by atoms with E-state index in [1.807, 2.05) is 24.3 Å². The highest BCUT2D eigenvalue weighted by molar-refractivity contribution is 6.31. The number of ketones is 3. The largest absolute Gasteiger partial charge is 0.507 e. The van der Waals surface area contributed by atoms with E-state index < -0.39 is 28.5 Å².